The minimum atomic E-state index is -0.653. The van der Waals surface area contributed by atoms with Crippen molar-refractivity contribution in [2.75, 3.05) is 7.11 Å². The Labute approximate surface area is 172 Å². The number of hydrogen-bond donors (Lipinski definition) is 0. The highest BCUT2D eigenvalue weighted by Gasteiger charge is 2.45. The second-order valence-corrected chi connectivity index (χ2v) is 7.63. The van der Waals surface area contributed by atoms with Crippen molar-refractivity contribution in [3.63, 3.8) is 0 Å². The van der Waals surface area contributed by atoms with Crippen LogP contribution in [0.4, 0.5) is 8.78 Å². The highest BCUT2D eigenvalue weighted by atomic mass is 19.1. The number of halogens is 2. The van der Waals surface area contributed by atoms with Gasteiger partial charge in [0.25, 0.3) is 0 Å². The molecule has 146 valence electrons. The molecular weight excluding hydrogens is 382 g/mol. The van der Waals surface area contributed by atoms with E-state index in [-0.39, 0.29) is 17.4 Å². The summed E-state index contributed by atoms with van der Waals surface area (Å²) in [5, 5.41) is 8.63. The molecule has 0 radical (unpaired) electrons. The fraction of sp³-hybridized carbons (Fsp3) is 0.120. The highest BCUT2D eigenvalue weighted by molar-refractivity contribution is 5.77. The molecule has 30 heavy (non-hydrogen) atoms. The van der Waals surface area contributed by atoms with Crippen LogP contribution in [0, 0.1) is 11.6 Å². The van der Waals surface area contributed by atoms with Crippen molar-refractivity contribution in [2.24, 2.45) is 0 Å². The summed E-state index contributed by atoms with van der Waals surface area (Å²) in [5.74, 6) is -1.04. The Morgan fingerprint density at radius 3 is 1.83 bits per heavy atom. The lowest BCUT2D eigenvalue weighted by Crippen LogP contribution is -2.29. The minimum Gasteiger partial charge on any atom is -0.480 e. The van der Waals surface area contributed by atoms with Gasteiger partial charge in [-0.15, -0.1) is 10.2 Å². The number of hydrogen-bond acceptors (Lipinski definition) is 3. The zero-order chi connectivity index (χ0) is 20.4. The van der Waals surface area contributed by atoms with Crippen molar-refractivity contribution in [2.45, 2.75) is 11.8 Å². The SMILES string of the molecule is COc1nnc(-c2ccc(F)cc2F)c2c1C1c3ccccc3C2c2ccccc21. The van der Waals surface area contributed by atoms with Crippen molar-refractivity contribution in [1.82, 2.24) is 10.2 Å². The van der Waals surface area contributed by atoms with E-state index in [1.807, 2.05) is 24.3 Å². The lowest BCUT2D eigenvalue weighted by molar-refractivity contribution is 0.383. The molecular formula is C25H16F2N2O. The number of benzene rings is 3. The summed E-state index contributed by atoms with van der Waals surface area (Å²) in [6, 6.07) is 20.2. The largest absolute Gasteiger partial charge is 0.480 e. The van der Waals surface area contributed by atoms with E-state index in [9.17, 15) is 8.78 Å². The number of aromatic nitrogens is 2. The van der Waals surface area contributed by atoms with Crippen LogP contribution in [0.3, 0.4) is 0 Å². The van der Waals surface area contributed by atoms with Crippen LogP contribution in [0.1, 0.15) is 45.2 Å². The maximum atomic E-state index is 14.8. The van der Waals surface area contributed by atoms with Gasteiger partial charge in [0.2, 0.25) is 5.88 Å². The van der Waals surface area contributed by atoms with E-state index in [2.05, 4.69) is 34.5 Å². The topological polar surface area (TPSA) is 35.0 Å². The van der Waals surface area contributed by atoms with Crippen molar-refractivity contribution >= 4 is 0 Å². The molecule has 0 atom stereocenters. The first-order valence-corrected chi connectivity index (χ1v) is 9.76. The maximum Gasteiger partial charge on any atom is 0.237 e. The van der Waals surface area contributed by atoms with Gasteiger partial charge < -0.3 is 4.74 Å². The summed E-state index contributed by atoms with van der Waals surface area (Å²) >= 11 is 0. The van der Waals surface area contributed by atoms with Gasteiger partial charge in [-0.05, 0) is 34.4 Å². The van der Waals surface area contributed by atoms with Gasteiger partial charge in [0, 0.05) is 34.6 Å². The van der Waals surface area contributed by atoms with Crippen LogP contribution < -0.4 is 4.74 Å². The Kier molecular flexibility index (Phi) is 3.57. The Balaban J connectivity index is 1.73. The average Bonchev–Trinajstić information content (AvgIpc) is 2.78. The predicted octanol–water partition coefficient (Wildman–Crippen LogP) is 5.42. The van der Waals surface area contributed by atoms with E-state index in [0.29, 0.717) is 11.6 Å². The normalized spacial score (nSPS) is 17.8. The molecule has 5 heteroatoms. The Morgan fingerprint density at radius 1 is 0.733 bits per heavy atom. The van der Waals surface area contributed by atoms with E-state index in [4.69, 9.17) is 4.74 Å². The van der Waals surface area contributed by atoms with Crippen LogP contribution in [-0.2, 0) is 0 Å². The molecule has 7 rings (SSSR count). The molecule has 3 aliphatic rings. The van der Waals surface area contributed by atoms with Crippen LogP contribution in [0.25, 0.3) is 11.3 Å². The second-order valence-electron chi connectivity index (χ2n) is 7.63. The van der Waals surface area contributed by atoms with E-state index in [1.165, 1.54) is 34.4 Å². The van der Waals surface area contributed by atoms with E-state index in [1.54, 1.807) is 7.11 Å². The third-order valence-corrected chi connectivity index (χ3v) is 6.21. The standard InChI is InChI=1S/C25H16F2N2O/c1-30-25-23-21-16-8-4-2-6-14(16)20(15-7-3-5-9-17(15)21)22(23)24(28-29-25)18-11-10-13(26)12-19(18)27/h2-12,20-21H,1H3. The summed E-state index contributed by atoms with van der Waals surface area (Å²) in [6.07, 6.45) is 0. The van der Waals surface area contributed by atoms with E-state index >= 15 is 0 Å². The molecule has 0 N–H and O–H groups in total. The average molecular weight is 398 g/mol. The van der Waals surface area contributed by atoms with Crippen molar-refractivity contribution in [1.29, 1.82) is 0 Å². The Hall–Kier alpha value is -3.60. The van der Waals surface area contributed by atoms with Crippen LogP contribution in [-0.4, -0.2) is 17.3 Å². The maximum absolute atomic E-state index is 14.8. The number of ether oxygens (including phenoxy) is 1. The van der Waals surface area contributed by atoms with Gasteiger partial charge in [-0.1, -0.05) is 48.5 Å². The first-order valence-electron chi connectivity index (χ1n) is 9.76. The van der Waals surface area contributed by atoms with Gasteiger partial charge in [-0.2, -0.15) is 0 Å². The van der Waals surface area contributed by atoms with Gasteiger partial charge in [0.15, 0.2) is 0 Å². The lowest BCUT2D eigenvalue weighted by atomic mass is 9.60. The van der Waals surface area contributed by atoms with Crippen LogP contribution >= 0.6 is 0 Å². The molecule has 0 saturated heterocycles. The molecule has 0 spiro atoms. The second kappa shape index (κ2) is 6.20. The molecule has 0 saturated carbocycles. The van der Waals surface area contributed by atoms with Crippen LogP contribution in [0.2, 0.25) is 0 Å². The summed E-state index contributed by atoms with van der Waals surface area (Å²) in [5.41, 5.74) is 7.21. The highest BCUT2D eigenvalue weighted by Crippen LogP contribution is 2.59. The molecule has 1 aromatic heterocycles. The molecule has 0 fully saturated rings. The molecule has 3 aliphatic carbocycles. The third-order valence-electron chi connectivity index (χ3n) is 6.21. The molecule has 1 heterocycles. The third kappa shape index (κ3) is 2.17. The predicted molar refractivity (Wildman–Crippen MR) is 109 cm³/mol. The molecule has 2 bridgehead atoms. The van der Waals surface area contributed by atoms with E-state index < -0.39 is 11.6 Å². The number of nitrogens with zero attached hydrogens (tertiary/aromatic N) is 2. The molecule has 3 aromatic carbocycles. The van der Waals surface area contributed by atoms with Gasteiger partial charge in [0.1, 0.15) is 17.3 Å². The first-order chi connectivity index (χ1) is 14.7. The van der Waals surface area contributed by atoms with Crippen molar-refractivity contribution < 1.29 is 13.5 Å². The fourth-order valence-electron chi connectivity index (χ4n) is 5.08. The Bertz CT molecular complexity index is 1290. The number of rotatable bonds is 2. The first kappa shape index (κ1) is 17.3. The molecule has 0 amide bonds. The summed E-state index contributed by atoms with van der Waals surface area (Å²) in [7, 11) is 1.57. The van der Waals surface area contributed by atoms with Gasteiger partial charge >= 0.3 is 0 Å². The fourth-order valence-corrected chi connectivity index (χ4v) is 5.08. The molecule has 4 aromatic rings. The molecule has 0 unspecified atom stereocenters. The Morgan fingerprint density at radius 2 is 1.30 bits per heavy atom. The molecule has 0 aliphatic heterocycles. The molecule has 3 nitrogen and oxygen atoms in total. The zero-order valence-corrected chi connectivity index (χ0v) is 16.1. The van der Waals surface area contributed by atoms with Crippen LogP contribution in [0.15, 0.2) is 66.7 Å². The lowest BCUT2D eigenvalue weighted by Gasteiger charge is -2.42. The smallest absolute Gasteiger partial charge is 0.237 e. The van der Waals surface area contributed by atoms with Gasteiger partial charge in [-0.25, -0.2) is 8.78 Å². The van der Waals surface area contributed by atoms with Gasteiger partial charge in [0.05, 0.1) is 7.11 Å². The quantitative estimate of drug-likeness (QED) is 0.391. The summed E-state index contributed by atoms with van der Waals surface area (Å²) in [6.45, 7) is 0. The van der Waals surface area contributed by atoms with Crippen molar-refractivity contribution in [3.05, 3.63) is 112 Å². The van der Waals surface area contributed by atoms with Crippen LogP contribution in [0.5, 0.6) is 5.88 Å². The van der Waals surface area contributed by atoms with Gasteiger partial charge in [-0.3, -0.25) is 0 Å². The minimum absolute atomic E-state index is 0.0786. The zero-order valence-electron chi connectivity index (χ0n) is 16.1. The van der Waals surface area contributed by atoms with E-state index in [0.717, 1.165) is 17.2 Å². The van der Waals surface area contributed by atoms with Crippen molar-refractivity contribution in [3.8, 4) is 17.1 Å². The number of methoxy groups -OCH3 is 1. The summed E-state index contributed by atoms with van der Waals surface area (Å²) in [4.78, 5) is 0. The monoisotopic (exact) mass is 398 g/mol. The summed E-state index contributed by atoms with van der Waals surface area (Å²) < 4.78 is 34.0.